The quantitative estimate of drug-likeness (QED) is 0.627. The molecule has 0 aromatic heterocycles. The molecule has 0 aromatic carbocycles. The lowest BCUT2D eigenvalue weighted by molar-refractivity contribution is -0.155. The topological polar surface area (TPSA) is 89.6 Å². The van der Waals surface area contributed by atoms with E-state index in [1.165, 1.54) is 0 Å². The highest BCUT2D eigenvalue weighted by Gasteiger charge is 2.18. The Morgan fingerprint density at radius 2 is 1.93 bits per heavy atom. The lowest BCUT2D eigenvalue weighted by Crippen LogP contribution is -2.30. The van der Waals surface area contributed by atoms with Crippen molar-refractivity contribution in [3.05, 3.63) is 0 Å². The lowest BCUT2D eigenvalue weighted by atomic mass is 10.1. The van der Waals surface area contributed by atoms with Gasteiger partial charge in [-0.15, -0.1) is 0 Å². The molecule has 0 aliphatic rings. The first-order valence-corrected chi connectivity index (χ1v) is 4.41. The zero-order chi connectivity index (χ0) is 11.4. The van der Waals surface area contributed by atoms with Gasteiger partial charge in [0, 0.05) is 6.42 Å². The Labute approximate surface area is 83.2 Å². The average molecular weight is 203 g/mol. The molecule has 14 heavy (non-hydrogen) atoms. The van der Waals surface area contributed by atoms with E-state index in [1.807, 2.05) is 0 Å². The van der Waals surface area contributed by atoms with Crippen molar-refractivity contribution in [2.75, 3.05) is 0 Å². The summed E-state index contributed by atoms with van der Waals surface area (Å²) >= 11 is 0. The van der Waals surface area contributed by atoms with Gasteiger partial charge in [0.05, 0.1) is 0 Å². The van der Waals surface area contributed by atoms with Crippen LogP contribution in [-0.4, -0.2) is 28.7 Å². The van der Waals surface area contributed by atoms with Crippen molar-refractivity contribution >= 4 is 11.9 Å². The first kappa shape index (κ1) is 12.9. The number of carbonyl (C=O) groups is 2. The summed E-state index contributed by atoms with van der Waals surface area (Å²) < 4.78 is 4.97. The number of hydrogen-bond donors (Lipinski definition) is 2. The maximum atomic E-state index is 11.1. The van der Waals surface area contributed by atoms with Gasteiger partial charge in [-0.1, -0.05) is 0 Å². The van der Waals surface area contributed by atoms with Gasteiger partial charge >= 0.3 is 5.97 Å². The van der Waals surface area contributed by atoms with Gasteiger partial charge in [0.25, 0.3) is 0 Å². The monoisotopic (exact) mass is 203 g/mol. The van der Waals surface area contributed by atoms with Gasteiger partial charge < -0.3 is 15.6 Å². The molecule has 82 valence electrons. The average Bonchev–Trinajstić information content (AvgIpc) is 1.96. The molecule has 5 heteroatoms. The number of nitrogens with two attached hydrogens (primary N) is 1. The molecule has 1 atom stereocenters. The number of aliphatic hydroxyl groups is 1. The van der Waals surface area contributed by atoms with Gasteiger partial charge in [0.1, 0.15) is 11.7 Å². The number of hydrogen-bond acceptors (Lipinski definition) is 4. The Bertz CT molecular complexity index is 219. The Morgan fingerprint density at radius 1 is 1.43 bits per heavy atom. The molecule has 3 N–H and O–H groups in total. The van der Waals surface area contributed by atoms with Gasteiger partial charge in [-0.3, -0.25) is 9.59 Å². The molecule has 0 aromatic rings. The molecular weight excluding hydrogens is 186 g/mol. The minimum absolute atomic E-state index is 0.00421. The van der Waals surface area contributed by atoms with E-state index >= 15 is 0 Å². The summed E-state index contributed by atoms with van der Waals surface area (Å²) in [6.45, 7) is 5.24. The van der Waals surface area contributed by atoms with Crippen molar-refractivity contribution in [2.45, 2.75) is 45.3 Å². The fourth-order valence-electron chi connectivity index (χ4n) is 0.789. The van der Waals surface area contributed by atoms with Crippen molar-refractivity contribution in [3.8, 4) is 0 Å². The Kier molecular flexibility index (Phi) is 4.56. The van der Waals surface area contributed by atoms with Crippen molar-refractivity contribution in [1.82, 2.24) is 0 Å². The van der Waals surface area contributed by atoms with Crippen LogP contribution in [0.25, 0.3) is 0 Å². The summed E-state index contributed by atoms with van der Waals surface area (Å²) in [5.41, 5.74) is 4.26. The van der Waals surface area contributed by atoms with Gasteiger partial charge in [0.2, 0.25) is 5.91 Å². The summed E-state index contributed by atoms with van der Waals surface area (Å²) in [7, 11) is 0. The molecule has 0 saturated carbocycles. The molecule has 1 unspecified atom stereocenters. The van der Waals surface area contributed by atoms with E-state index in [0.717, 1.165) is 0 Å². The zero-order valence-electron chi connectivity index (χ0n) is 8.74. The normalized spacial score (nSPS) is 13.4. The van der Waals surface area contributed by atoms with Crippen LogP contribution in [0.2, 0.25) is 0 Å². The van der Waals surface area contributed by atoms with E-state index in [9.17, 15) is 9.59 Å². The van der Waals surface area contributed by atoms with Crippen LogP contribution < -0.4 is 5.73 Å². The second kappa shape index (κ2) is 4.95. The minimum Gasteiger partial charge on any atom is -0.460 e. The highest BCUT2D eigenvalue weighted by atomic mass is 16.6. The summed E-state index contributed by atoms with van der Waals surface area (Å²) in [6.07, 6.45) is -1.28. The van der Waals surface area contributed by atoms with E-state index < -0.39 is 23.6 Å². The number of rotatable bonds is 4. The number of primary amides is 1. The maximum Gasteiger partial charge on any atom is 0.306 e. The predicted molar refractivity (Wildman–Crippen MR) is 50.3 cm³/mol. The van der Waals surface area contributed by atoms with Crippen LogP contribution in [0, 0.1) is 0 Å². The molecule has 0 saturated heterocycles. The Balaban J connectivity index is 3.81. The molecule has 1 amide bonds. The minimum atomic E-state index is -1.28. The second-order valence-electron chi connectivity index (χ2n) is 4.04. The van der Waals surface area contributed by atoms with Crippen molar-refractivity contribution in [3.63, 3.8) is 0 Å². The van der Waals surface area contributed by atoms with Crippen molar-refractivity contribution < 1.29 is 19.4 Å². The van der Waals surface area contributed by atoms with Gasteiger partial charge in [-0.25, -0.2) is 0 Å². The van der Waals surface area contributed by atoms with Gasteiger partial charge in [0.15, 0.2) is 0 Å². The standard InChI is InChI=1S/C9H17NO4/c1-9(2,3)14-7(12)5-4-6(11)8(10)13/h6,11H,4-5H2,1-3H3,(H2,10,13). The van der Waals surface area contributed by atoms with E-state index in [-0.39, 0.29) is 12.8 Å². The highest BCUT2D eigenvalue weighted by molar-refractivity contribution is 5.79. The number of esters is 1. The first-order chi connectivity index (χ1) is 6.22. The van der Waals surface area contributed by atoms with Crippen LogP contribution in [0.3, 0.4) is 0 Å². The molecule has 0 heterocycles. The van der Waals surface area contributed by atoms with Crippen LogP contribution in [0.5, 0.6) is 0 Å². The number of aliphatic hydroxyl groups excluding tert-OH is 1. The summed E-state index contributed by atoms with van der Waals surface area (Å²) in [5.74, 6) is -1.27. The lowest BCUT2D eigenvalue weighted by Gasteiger charge is -2.19. The summed E-state index contributed by atoms with van der Waals surface area (Å²) in [4.78, 5) is 21.5. The Hall–Kier alpha value is -1.10. The third-order valence-corrected chi connectivity index (χ3v) is 1.37. The third-order valence-electron chi connectivity index (χ3n) is 1.37. The van der Waals surface area contributed by atoms with Gasteiger partial charge in [-0.2, -0.15) is 0 Å². The molecule has 0 aliphatic heterocycles. The number of ether oxygens (including phenoxy) is 1. The maximum absolute atomic E-state index is 11.1. The molecule has 0 fully saturated rings. The van der Waals surface area contributed by atoms with Crippen molar-refractivity contribution in [2.24, 2.45) is 5.73 Å². The third kappa shape index (κ3) is 6.42. The predicted octanol–water partition coefficient (Wildman–Crippen LogP) is -0.0455. The van der Waals surface area contributed by atoms with Crippen LogP contribution in [-0.2, 0) is 14.3 Å². The molecule has 0 spiro atoms. The second-order valence-corrected chi connectivity index (χ2v) is 4.04. The smallest absolute Gasteiger partial charge is 0.306 e. The number of amides is 1. The van der Waals surface area contributed by atoms with E-state index in [0.29, 0.717) is 0 Å². The zero-order valence-corrected chi connectivity index (χ0v) is 8.74. The molecular formula is C9H17NO4. The number of carbonyl (C=O) groups excluding carboxylic acids is 2. The largest absolute Gasteiger partial charge is 0.460 e. The van der Waals surface area contributed by atoms with E-state index in [2.05, 4.69) is 0 Å². The summed E-state index contributed by atoms with van der Waals surface area (Å²) in [5, 5.41) is 8.99. The van der Waals surface area contributed by atoms with Crippen LogP contribution in [0.15, 0.2) is 0 Å². The van der Waals surface area contributed by atoms with E-state index in [1.54, 1.807) is 20.8 Å². The fourth-order valence-corrected chi connectivity index (χ4v) is 0.789. The van der Waals surface area contributed by atoms with E-state index in [4.69, 9.17) is 15.6 Å². The first-order valence-electron chi connectivity index (χ1n) is 4.41. The van der Waals surface area contributed by atoms with Crippen LogP contribution in [0.4, 0.5) is 0 Å². The van der Waals surface area contributed by atoms with Crippen molar-refractivity contribution in [1.29, 1.82) is 0 Å². The molecule has 0 bridgehead atoms. The molecule has 0 rings (SSSR count). The Morgan fingerprint density at radius 3 is 2.29 bits per heavy atom. The highest BCUT2D eigenvalue weighted by Crippen LogP contribution is 2.09. The summed E-state index contributed by atoms with van der Waals surface area (Å²) in [6, 6.07) is 0. The molecule has 0 radical (unpaired) electrons. The van der Waals surface area contributed by atoms with Crippen LogP contribution >= 0.6 is 0 Å². The van der Waals surface area contributed by atoms with Crippen LogP contribution in [0.1, 0.15) is 33.6 Å². The fraction of sp³-hybridized carbons (Fsp3) is 0.778. The SMILES string of the molecule is CC(C)(C)OC(=O)CCC(O)C(N)=O. The molecule has 5 nitrogen and oxygen atoms in total. The molecule has 0 aliphatic carbocycles. The van der Waals surface area contributed by atoms with Gasteiger partial charge in [-0.05, 0) is 27.2 Å².